The van der Waals surface area contributed by atoms with Gasteiger partial charge in [-0.1, -0.05) is 153 Å². The first-order chi connectivity index (χ1) is 31.8. The van der Waals surface area contributed by atoms with Crippen molar-refractivity contribution in [1.29, 1.82) is 0 Å². The monoisotopic (exact) mass is 1060 g/mol. The van der Waals surface area contributed by atoms with Gasteiger partial charge in [-0.15, -0.1) is 54.1 Å². The molecule has 9 aromatic rings. The molecule has 0 atom stereocenters. The van der Waals surface area contributed by atoms with Crippen LogP contribution < -0.4 is 5.19 Å². The number of rotatable bonds is 7. The van der Waals surface area contributed by atoms with Gasteiger partial charge in [0.05, 0.1) is 30.5 Å². The summed E-state index contributed by atoms with van der Waals surface area (Å²) >= 11 is 0. The average molecular weight is 1060 g/mol. The predicted molar refractivity (Wildman–Crippen MR) is 272 cm³/mol. The summed E-state index contributed by atoms with van der Waals surface area (Å²) in [7, 11) is -1.70. The molecule has 0 saturated heterocycles. The van der Waals surface area contributed by atoms with E-state index in [1.807, 2.05) is 121 Å². The second-order valence-corrected chi connectivity index (χ2v) is 25.8. The van der Waals surface area contributed by atoms with Crippen LogP contribution in [0.3, 0.4) is 0 Å². The molecule has 0 aliphatic rings. The molecule has 7 heteroatoms. The van der Waals surface area contributed by atoms with Crippen molar-refractivity contribution in [1.82, 2.24) is 19.5 Å². The van der Waals surface area contributed by atoms with Crippen LogP contribution in [-0.4, -0.2) is 27.6 Å². The topological polar surface area (TPSA) is 56.7 Å². The molecule has 0 fully saturated rings. The third-order valence-electron chi connectivity index (χ3n) is 11.0. The van der Waals surface area contributed by atoms with Crippen molar-refractivity contribution in [2.24, 2.45) is 10.8 Å². The summed E-state index contributed by atoms with van der Waals surface area (Å²) in [6.07, 6.45) is -1.17. The van der Waals surface area contributed by atoms with Crippen LogP contribution in [0.1, 0.15) is 84.6 Å². The number of hydrogen-bond donors (Lipinski definition) is 0. The van der Waals surface area contributed by atoms with Crippen LogP contribution in [-0.2, 0) is 38.3 Å². The van der Waals surface area contributed by atoms with Crippen molar-refractivity contribution in [2.75, 3.05) is 0 Å². The maximum atomic E-state index is 8.78. The van der Waals surface area contributed by atoms with E-state index in [0.29, 0.717) is 22.8 Å². The summed E-state index contributed by atoms with van der Waals surface area (Å²) in [4.78, 5) is 14.5. The Morgan fingerprint density at radius 2 is 1.40 bits per heavy atom. The van der Waals surface area contributed by atoms with Gasteiger partial charge in [0.2, 0.25) is 5.71 Å². The molecule has 1 radical (unpaired) electrons. The van der Waals surface area contributed by atoms with Gasteiger partial charge in [0.25, 0.3) is 0 Å². The van der Waals surface area contributed by atoms with Crippen molar-refractivity contribution < 1.29 is 30.0 Å². The first-order valence-electron chi connectivity index (χ1n) is 24.2. The normalized spacial score (nSPS) is 13.7. The van der Waals surface area contributed by atoms with Crippen LogP contribution in [0.15, 0.2) is 138 Å². The van der Waals surface area contributed by atoms with Gasteiger partial charge in [-0.05, 0) is 87.4 Å². The second kappa shape index (κ2) is 18.4. The van der Waals surface area contributed by atoms with Crippen molar-refractivity contribution in [3.8, 4) is 39.5 Å². The molecule has 0 unspecified atom stereocenters. The van der Waals surface area contributed by atoms with Crippen LogP contribution in [0.4, 0.5) is 0 Å². The minimum Gasteiger partial charge on any atom is -0.486 e. The Morgan fingerprint density at radius 1 is 0.692 bits per heavy atom. The molecule has 0 spiro atoms. The Kier molecular flexibility index (Phi) is 12.0. The first-order valence-corrected chi connectivity index (χ1v) is 25.7. The zero-order chi connectivity index (χ0) is 49.2. The van der Waals surface area contributed by atoms with E-state index in [2.05, 4.69) is 111 Å². The van der Waals surface area contributed by atoms with Crippen LogP contribution in [0.2, 0.25) is 19.6 Å². The third-order valence-corrected chi connectivity index (χ3v) is 13.0. The summed E-state index contributed by atoms with van der Waals surface area (Å²) < 4.78 is 43.8. The molecule has 335 valence electrons. The van der Waals surface area contributed by atoms with Crippen molar-refractivity contribution in [2.45, 2.75) is 100 Å². The van der Waals surface area contributed by atoms with Gasteiger partial charge in [-0.3, -0.25) is 4.98 Å². The molecule has 0 N–H and O–H groups in total. The molecule has 4 heterocycles. The van der Waals surface area contributed by atoms with Crippen LogP contribution in [0, 0.1) is 23.0 Å². The van der Waals surface area contributed by atoms with E-state index in [1.165, 1.54) is 5.56 Å². The number of imidazole rings is 1. The number of nitrogens with zero attached hydrogens (tertiary/aromatic N) is 4. The molecular formula is C58H62IrN4OSi-2. The maximum Gasteiger partial charge on any atom is 0.216 e. The van der Waals surface area contributed by atoms with Crippen LogP contribution in [0.5, 0.6) is 0 Å². The second-order valence-electron chi connectivity index (χ2n) is 20.7. The molecular weight excluding hydrogens is 989 g/mol. The molecule has 0 aliphatic carbocycles. The zero-order valence-corrected chi connectivity index (χ0v) is 43.1. The van der Waals surface area contributed by atoms with E-state index in [-0.39, 0.29) is 25.5 Å². The Bertz CT molecular complexity index is 3280. The molecule has 0 amide bonds. The molecule has 4 aromatic heterocycles. The maximum absolute atomic E-state index is 8.78. The molecule has 9 rings (SSSR count). The number of para-hydroxylation sites is 2. The fourth-order valence-corrected chi connectivity index (χ4v) is 9.38. The quantitative estimate of drug-likeness (QED) is 0.118. The standard InChI is InChI=1S/C39H36N3O.C19H26NSi.Ir/c1-38(2,3)24-27-20-21-29-28-15-12-16-30(35(28)43-37(29)40-27)36-41-32-17-10-11-18-34(32)42(36)33-22-19-26(39(4,5)6)23-31(33)25-13-8-7-9-14-25;1-19(2,3)13-16-12-17(15-10-8-7-9-11-15)20-14-18(16)21(4,5)6;/h7-15,17-23H,24H2,1-6H3;7-10,12,14H,13H2,1-6H3;/q2*-1;/i24D2;13D2;. The molecule has 65 heavy (non-hydrogen) atoms. The van der Waals surface area contributed by atoms with Crippen LogP contribution in [0.25, 0.3) is 72.6 Å². The van der Waals surface area contributed by atoms with Crippen molar-refractivity contribution >= 4 is 46.4 Å². The predicted octanol–water partition coefficient (Wildman–Crippen LogP) is 15.0. The van der Waals surface area contributed by atoms with Crippen molar-refractivity contribution in [3.63, 3.8) is 0 Å². The van der Waals surface area contributed by atoms with Gasteiger partial charge >= 0.3 is 0 Å². The third kappa shape index (κ3) is 10.7. The van der Waals surface area contributed by atoms with Gasteiger partial charge in [-0.25, -0.2) is 4.98 Å². The summed E-state index contributed by atoms with van der Waals surface area (Å²) in [5.41, 5.74) is 9.77. The number of hydrogen-bond acceptors (Lipinski definition) is 4. The van der Waals surface area contributed by atoms with E-state index in [1.54, 1.807) is 6.07 Å². The Morgan fingerprint density at radius 3 is 2.08 bits per heavy atom. The number of furan rings is 1. The average Bonchev–Trinajstić information content (AvgIpc) is 3.86. The van der Waals surface area contributed by atoms with Gasteiger partial charge in [0, 0.05) is 54.1 Å². The number of fused-ring (bicyclic) bond motifs is 4. The summed E-state index contributed by atoms with van der Waals surface area (Å²) in [5.74, 6) is 0.715. The molecule has 5 aromatic carbocycles. The van der Waals surface area contributed by atoms with E-state index in [9.17, 15) is 0 Å². The molecule has 5 nitrogen and oxygen atoms in total. The molecule has 0 aliphatic heterocycles. The summed E-state index contributed by atoms with van der Waals surface area (Å²) in [6.45, 7) is 24.9. The van der Waals surface area contributed by atoms with Gasteiger partial charge < -0.3 is 14.0 Å². The Hall–Kier alpha value is -5.46. The van der Waals surface area contributed by atoms with E-state index in [0.717, 1.165) is 66.2 Å². The van der Waals surface area contributed by atoms with Gasteiger partial charge in [-0.2, -0.15) is 0 Å². The fourth-order valence-electron chi connectivity index (χ4n) is 7.99. The number of benzene rings is 5. The van der Waals surface area contributed by atoms with Gasteiger partial charge in [0.1, 0.15) is 0 Å². The van der Waals surface area contributed by atoms with Gasteiger partial charge in [0.15, 0.2) is 0 Å². The number of aromatic nitrogens is 4. The Labute approximate surface area is 406 Å². The first kappa shape index (κ1) is 42.2. The van der Waals surface area contributed by atoms with Crippen molar-refractivity contribution in [3.05, 3.63) is 163 Å². The Balaban J connectivity index is 0.000000248. The van der Waals surface area contributed by atoms with E-state index >= 15 is 0 Å². The molecule has 0 saturated carbocycles. The SMILES string of the molecule is [2H]C([2H])(c1cc(-c2[c-]cccc2)ncc1[Si](C)(C)C)C(C)(C)C.[2H]C([2H])(c1ccc2c(n1)oc1c(-c3nc4ccccc4n3-c3ccc(C(C)(C)C)cc3-c3ccccc3)[c-]ccc12)C(C)(C)C.[Ir]. The summed E-state index contributed by atoms with van der Waals surface area (Å²) in [6, 6.07) is 49.2. The minimum absolute atomic E-state index is 0. The van der Waals surface area contributed by atoms with Crippen LogP contribution >= 0.6 is 0 Å². The van der Waals surface area contributed by atoms with E-state index < -0.39 is 31.6 Å². The zero-order valence-electron chi connectivity index (χ0n) is 43.7. The smallest absolute Gasteiger partial charge is 0.216 e. The minimum atomic E-state index is -1.70. The molecule has 0 bridgehead atoms. The largest absolute Gasteiger partial charge is 0.486 e. The summed E-state index contributed by atoms with van der Waals surface area (Å²) in [5, 5.41) is 2.81. The van der Waals surface area contributed by atoms with E-state index in [4.69, 9.17) is 19.9 Å². The number of pyridine rings is 2. The fraction of sp³-hybridized carbons (Fsp3) is 0.293.